The van der Waals surface area contributed by atoms with Gasteiger partial charge in [0.25, 0.3) is 10.1 Å². The molecule has 4 nitrogen and oxygen atoms in total. The molecule has 1 atom stereocenters. The van der Waals surface area contributed by atoms with Gasteiger partial charge in [0, 0.05) is 6.42 Å². The minimum absolute atomic E-state index is 0.542. The lowest BCUT2D eigenvalue weighted by Gasteiger charge is -2.25. The summed E-state index contributed by atoms with van der Waals surface area (Å²) in [5.74, 6) is 0. The summed E-state index contributed by atoms with van der Waals surface area (Å²) in [6.07, 6.45) is 16.4. The van der Waals surface area contributed by atoms with Gasteiger partial charge in [-0.3, -0.25) is 4.55 Å². The molecule has 0 aliphatic carbocycles. The van der Waals surface area contributed by atoms with Crippen LogP contribution in [0.15, 0.2) is 0 Å². The van der Waals surface area contributed by atoms with Crippen molar-refractivity contribution < 1.29 is 17.5 Å². The van der Waals surface area contributed by atoms with E-state index >= 15 is 0 Å². The Labute approximate surface area is 157 Å². The van der Waals surface area contributed by atoms with E-state index in [2.05, 4.69) is 6.92 Å². The Morgan fingerprint density at radius 2 is 1.12 bits per heavy atom. The summed E-state index contributed by atoms with van der Waals surface area (Å²) in [5, 5.41) is -0.590. The van der Waals surface area contributed by atoms with E-state index in [1.54, 1.807) is 0 Å². The topological polar surface area (TPSA) is 54.4 Å². The Morgan fingerprint density at radius 3 is 1.48 bits per heavy atom. The minimum Gasteiger partial charge on any atom is -0.331 e. The van der Waals surface area contributed by atoms with Gasteiger partial charge in [0.1, 0.15) is 0 Å². The fourth-order valence-corrected chi connectivity index (χ4v) is 4.05. The summed E-state index contributed by atoms with van der Waals surface area (Å²) in [5.41, 5.74) is 0. The molecule has 0 amide bonds. The van der Waals surface area contributed by atoms with Crippen molar-refractivity contribution in [3.8, 4) is 0 Å². The Morgan fingerprint density at radius 1 is 0.720 bits per heavy atom. The van der Waals surface area contributed by atoms with Gasteiger partial charge in [-0.05, 0) is 6.42 Å². The lowest BCUT2D eigenvalue weighted by atomic mass is 10.0. The molecule has 0 saturated carbocycles. The number of hydrogen-bond donors (Lipinski definition) is 1. The van der Waals surface area contributed by atoms with E-state index in [1.165, 1.54) is 64.2 Å². The SMILES string of the molecule is CCCCCCCCCCCCCCC(CC[N+](C)(C)C)S(=O)(=O)O. The van der Waals surface area contributed by atoms with E-state index in [4.69, 9.17) is 0 Å². The maximum absolute atomic E-state index is 11.5. The van der Waals surface area contributed by atoms with E-state index in [-0.39, 0.29) is 0 Å². The second kappa shape index (κ2) is 14.0. The zero-order valence-corrected chi connectivity index (χ0v) is 18.1. The first-order valence-corrected chi connectivity index (χ1v) is 11.9. The van der Waals surface area contributed by atoms with Crippen molar-refractivity contribution in [1.82, 2.24) is 0 Å². The van der Waals surface area contributed by atoms with Gasteiger partial charge in [-0.15, -0.1) is 0 Å². The standard InChI is InChI=1S/C20H43NO3S/c1-5-6-7-8-9-10-11-12-13-14-15-16-17-20(25(22,23)24)18-19-21(2,3)4/h20H,5-19H2,1-4H3/p+1. The maximum Gasteiger partial charge on any atom is 0.267 e. The quantitative estimate of drug-likeness (QED) is 0.208. The molecule has 0 aliphatic rings. The molecule has 0 spiro atoms. The molecule has 0 aromatic carbocycles. The second-order valence-electron chi connectivity index (χ2n) is 8.62. The monoisotopic (exact) mass is 378 g/mol. The summed E-state index contributed by atoms with van der Waals surface area (Å²) in [4.78, 5) is 0. The normalized spacial score (nSPS) is 14.0. The van der Waals surface area contributed by atoms with Gasteiger partial charge >= 0.3 is 0 Å². The first kappa shape index (κ1) is 24.9. The summed E-state index contributed by atoms with van der Waals surface area (Å²) in [6.45, 7) is 3.02. The molecule has 0 aliphatic heterocycles. The number of nitrogens with zero attached hydrogens (tertiary/aromatic N) is 1. The lowest BCUT2D eigenvalue weighted by molar-refractivity contribution is -0.870. The molecule has 0 fully saturated rings. The van der Waals surface area contributed by atoms with Crippen LogP contribution in [0.25, 0.3) is 0 Å². The second-order valence-corrected chi connectivity index (χ2v) is 10.3. The zero-order chi connectivity index (χ0) is 19.2. The van der Waals surface area contributed by atoms with Crippen LogP contribution in [0.4, 0.5) is 0 Å². The van der Waals surface area contributed by atoms with Gasteiger partial charge in [0.15, 0.2) is 0 Å². The third-order valence-electron chi connectivity index (χ3n) is 4.92. The lowest BCUT2D eigenvalue weighted by Crippen LogP contribution is -2.38. The molecule has 5 heteroatoms. The largest absolute Gasteiger partial charge is 0.331 e. The van der Waals surface area contributed by atoms with Gasteiger partial charge in [-0.25, -0.2) is 0 Å². The van der Waals surface area contributed by atoms with Crippen LogP contribution in [0, 0.1) is 0 Å². The van der Waals surface area contributed by atoms with Gasteiger partial charge in [0.2, 0.25) is 0 Å². The molecule has 1 N–H and O–H groups in total. The molecule has 0 bridgehead atoms. The van der Waals surface area contributed by atoms with Crippen LogP contribution < -0.4 is 0 Å². The van der Waals surface area contributed by atoms with E-state index in [0.29, 0.717) is 12.8 Å². The van der Waals surface area contributed by atoms with Crippen molar-refractivity contribution in [3.63, 3.8) is 0 Å². The molecule has 0 heterocycles. The number of hydrogen-bond acceptors (Lipinski definition) is 2. The first-order chi connectivity index (χ1) is 11.7. The van der Waals surface area contributed by atoms with Crippen LogP contribution in [0.2, 0.25) is 0 Å². The number of unbranched alkanes of at least 4 members (excludes halogenated alkanes) is 11. The van der Waals surface area contributed by atoms with Crippen molar-refractivity contribution in [2.45, 2.75) is 102 Å². The third-order valence-corrected chi connectivity index (χ3v) is 6.24. The Bertz CT molecular complexity index is 402. The molecule has 1 unspecified atom stereocenters. The molecule has 0 saturated heterocycles. The van der Waals surface area contributed by atoms with Crippen molar-refractivity contribution >= 4 is 10.1 Å². The molecule has 0 rings (SSSR count). The number of quaternary nitrogens is 1. The molecule has 152 valence electrons. The van der Waals surface area contributed by atoms with Crippen LogP contribution in [0.1, 0.15) is 96.8 Å². The maximum atomic E-state index is 11.5. The van der Waals surface area contributed by atoms with Crippen LogP contribution in [-0.4, -0.2) is 50.4 Å². The van der Waals surface area contributed by atoms with E-state index in [9.17, 15) is 13.0 Å². The average molecular weight is 379 g/mol. The minimum atomic E-state index is -3.91. The van der Waals surface area contributed by atoms with E-state index < -0.39 is 15.4 Å². The van der Waals surface area contributed by atoms with Crippen molar-refractivity contribution in [1.29, 1.82) is 0 Å². The fourth-order valence-electron chi connectivity index (χ4n) is 3.19. The predicted octanol–water partition coefficient (Wildman–Crippen LogP) is 5.43. The molecule has 25 heavy (non-hydrogen) atoms. The number of rotatable bonds is 17. The van der Waals surface area contributed by atoms with Gasteiger partial charge in [-0.1, -0.05) is 84.0 Å². The Kier molecular flexibility index (Phi) is 13.9. The average Bonchev–Trinajstić information content (AvgIpc) is 2.49. The van der Waals surface area contributed by atoms with E-state index in [0.717, 1.165) is 23.9 Å². The van der Waals surface area contributed by atoms with Gasteiger partial charge in [0.05, 0.1) is 32.9 Å². The van der Waals surface area contributed by atoms with Crippen LogP contribution >= 0.6 is 0 Å². The zero-order valence-electron chi connectivity index (χ0n) is 17.3. The Hall–Kier alpha value is -0.130. The van der Waals surface area contributed by atoms with E-state index in [1.807, 2.05) is 21.1 Å². The Balaban J connectivity index is 3.66. The van der Waals surface area contributed by atoms with Crippen LogP contribution in [-0.2, 0) is 10.1 Å². The van der Waals surface area contributed by atoms with Crippen LogP contribution in [0.3, 0.4) is 0 Å². The summed E-state index contributed by atoms with van der Waals surface area (Å²) < 4.78 is 33.2. The van der Waals surface area contributed by atoms with Gasteiger partial charge < -0.3 is 4.48 Å². The summed E-state index contributed by atoms with van der Waals surface area (Å²) in [6, 6.07) is 0. The molecular formula is C20H44NO3S+. The highest BCUT2D eigenvalue weighted by molar-refractivity contribution is 7.86. The molecule has 0 aromatic rings. The van der Waals surface area contributed by atoms with Crippen molar-refractivity contribution in [2.75, 3.05) is 27.7 Å². The molecule has 0 aromatic heterocycles. The third kappa shape index (κ3) is 17.1. The fraction of sp³-hybridized carbons (Fsp3) is 1.00. The smallest absolute Gasteiger partial charge is 0.267 e. The van der Waals surface area contributed by atoms with Crippen LogP contribution in [0.5, 0.6) is 0 Å². The predicted molar refractivity (Wildman–Crippen MR) is 109 cm³/mol. The highest BCUT2D eigenvalue weighted by Gasteiger charge is 2.24. The highest BCUT2D eigenvalue weighted by Crippen LogP contribution is 2.17. The summed E-state index contributed by atoms with van der Waals surface area (Å²) >= 11 is 0. The first-order valence-electron chi connectivity index (χ1n) is 10.4. The van der Waals surface area contributed by atoms with Crippen molar-refractivity contribution in [3.05, 3.63) is 0 Å². The molecular weight excluding hydrogens is 334 g/mol. The van der Waals surface area contributed by atoms with Gasteiger partial charge in [-0.2, -0.15) is 8.42 Å². The molecule has 0 radical (unpaired) electrons. The van der Waals surface area contributed by atoms with Crippen molar-refractivity contribution in [2.24, 2.45) is 0 Å². The highest BCUT2D eigenvalue weighted by atomic mass is 32.2. The summed E-state index contributed by atoms with van der Waals surface area (Å²) in [7, 11) is 2.23.